The monoisotopic (exact) mass is 309 g/mol. The third-order valence-electron chi connectivity index (χ3n) is 3.57. The van der Waals surface area contributed by atoms with Gasteiger partial charge in [-0.1, -0.05) is 36.7 Å². The number of guanidine groups is 1. The molecule has 0 radical (unpaired) electrons. The molecule has 1 fully saturated rings. The summed E-state index contributed by atoms with van der Waals surface area (Å²) in [6, 6.07) is 7.92. The van der Waals surface area contributed by atoms with E-state index >= 15 is 0 Å². The Morgan fingerprint density at radius 3 is 2.71 bits per heavy atom. The fourth-order valence-electron chi connectivity index (χ4n) is 2.23. The van der Waals surface area contributed by atoms with Gasteiger partial charge in [-0.15, -0.1) is 0 Å². The third kappa shape index (κ3) is 4.35. The van der Waals surface area contributed by atoms with Crippen molar-refractivity contribution in [2.45, 2.75) is 20.4 Å². The predicted octanol–water partition coefficient (Wildman–Crippen LogP) is 2.77. The summed E-state index contributed by atoms with van der Waals surface area (Å²) in [5.41, 5.74) is 1.29. The fourth-order valence-corrected chi connectivity index (χ4v) is 2.43. The minimum absolute atomic E-state index is 0.186. The van der Waals surface area contributed by atoms with E-state index in [4.69, 9.17) is 21.3 Å². The molecular weight excluding hydrogens is 286 g/mol. The number of benzene rings is 1. The second-order valence-electron chi connectivity index (χ2n) is 5.92. The molecule has 0 saturated carbocycles. The number of ether oxygens (including phenoxy) is 1. The number of halogens is 1. The number of nitrogens with zero attached hydrogens (tertiary/aromatic N) is 2. The van der Waals surface area contributed by atoms with Gasteiger partial charge in [0.15, 0.2) is 5.96 Å². The Morgan fingerprint density at radius 2 is 2.14 bits per heavy atom. The van der Waals surface area contributed by atoms with Gasteiger partial charge in [-0.3, -0.25) is 4.99 Å². The van der Waals surface area contributed by atoms with Crippen molar-refractivity contribution >= 4 is 17.6 Å². The molecular formula is C16H24ClN3O. The quantitative estimate of drug-likeness (QED) is 0.671. The first kappa shape index (κ1) is 16.1. The molecule has 1 aliphatic heterocycles. The van der Waals surface area contributed by atoms with Gasteiger partial charge in [-0.05, 0) is 18.6 Å². The van der Waals surface area contributed by atoms with Crippen LogP contribution in [0.2, 0.25) is 5.02 Å². The van der Waals surface area contributed by atoms with Crippen LogP contribution in [0.5, 0.6) is 0 Å². The Balaban J connectivity index is 2.02. The highest BCUT2D eigenvalue weighted by Gasteiger charge is 2.33. The van der Waals surface area contributed by atoms with Crippen molar-refractivity contribution in [1.82, 2.24) is 10.2 Å². The second-order valence-corrected chi connectivity index (χ2v) is 6.33. The molecule has 1 aliphatic rings. The van der Waals surface area contributed by atoms with Crippen molar-refractivity contribution in [3.63, 3.8) is 0 Å². The molecule has 5 heteroatoms. The van der Waals surface area contributed by atoms with Crippen LogP contribution in [-0.4, -0.2) is 44.2 Å². The van der Waals surface area contributed by atoms with Crippen molar-refractivity contribution in [3.8, 4) is 0 Å². The molecule has 1 N–H and O–H groups in total. The first-order chi connectivity index (χ1) is 10.0. The molecule has 116 valence electrons. The van der Waals surface area contributed by atoms with Crippen LogP contribution >= 0.6 is 11.6 Å². The van der Waals surface area contributed by atoms with Gasteiger partial charge in [0.2, 0.25) is 0 Å². The van der Waals surface area contributed by atoms with Crippen molar-refractivity contribution in [2.24, 2.45) is 10.4 Å². The fraction of sp³-hybridized carbons (Fsp3) is 0.562. The van der Waals surface area contributed by atoms with Crippen LogP contribution in [0.15, 0.2) is 29.3 Å². The predicted molar refractivity (Wildman–Crippen MR) is 87.8 cm³/mol. The Labute approximate surface area is 132 Å². The van der Waals surface area contributed by atoms with Crippen LogP contribution in [0.4, 0.5) is 0 Å². The summed E-state index contributed by atoms with van der Waals surface area (Å²) in [6.07, 6.45) is 0. The summed E-state index contributed by atoms with van der Waals surface area (Å²) in [5.74, 6) is 0.908. The van der Waals surface area contributed by atoms with Crippen LogP contribution in [0.25, 0.3) is 0 Å². The zero-order valence-electron chi connectivity index (χ0n) is 13.0. The topological polar surface area (TPSA) is 36.9 Å². The van der Waals surface area contributed by atoms with E-state index in [0.29, 0.717) is 0 Å². The summed E-state index contributed by atoms with van der Waals surface area (Å²) >= 11 is 6.23. The molecule has 0 atom stereocenters. The maximum atomic E-state index is 6.23. The normalized spacial score (nSPS) is 17.2. The molecule has 0 spiro atoms. The number of nitrogens with one attached hydrogen (secondary N) is 1. The van der Waals surface area contributed by atoms with Crippen LogP contribution in [0.1, 0.15) is 19.4 Å². The lowest BCUT2D eigenvalue weighted by Crippen LogP contribution is -2.44. The van der Waals surface area contributed by atoms with E-state index in [1.165, 1.54) is 0 Å². The van der Waals surface area contributed by atoms with Gasteiger partial charge in [0.05, 0.1) is 19.8 Å². The Bertz CT molecular complexity index is 500. The van der Waals surface area contributed by atoms with Crippen LogP contribution in [0.3, 0.4) is 0 Å². The summed E-state index contributed by atoms with van der Waals surface area (Å²) < 4.78 is 5.28. The zero-order valence-corrected chi connectivity index (χ0v) is 13.8. The molecule has 1 heterocycles. The van der Waals surface area contributed by atoms with Gasteiger partial charge in [-0.25, -0.2) is 0 Å². The summed E-state index contributed by atoms with van der Waals surface area (Å²) in [5, 5.41) is 4.13. The van der Waals surface area contributed by atoms with E-state index < -0.39 is 0 Å². The van der Waals surface area contributed by atoms with E-state index in [1.54, 1.807) is 0 Å². The maximum absolute atomic E-state index is 6.23. The molecule has 1 aromatic carbocycles. The van der Waals surface area contributed by atoms with E-state index in [-0.39, 0.29) is 5.41 Å². The van der Waals surface area contributed by atoms with Gasteiger partial charge in [0, 0.05) is 30.6 Å². The molecule has 0 aliphatic carbocycles. The Morgan fingerprint density at radius 1 is 1.43 bits per heavy atom. The van der Waals surface area contributed by atoms with Crippen molar-refractivity contribution in [3.05, 3.63) is 34.9 Å². The molecule has 1 saturated heterocycles. The van der Waals surface area contributed by atoms with Crippen LogP contribution in [0, 0.1) is 5.41 Å². The van der Waals surface area contributed by atoms with Crippen LogP contribution < -0.4 is 5.32 Å². The summed E-state index contributed by atoms with van der Waals surface area (Å²) in [4.78, 5) is 6.85. The van der Waals surface area contributed by atoms with Gasteiger partial charge >= 0.3 is 0 Å². The van der Waals surface area contributed by atoms with Crippen molar-refractivity contribution in [1.29, 1.82) is 0 Å². The minimum atomic E-state index is 0.186. The van der Waals surface area contributed by atoms with Crippen LogP contribution in [-0.2, 0) is 11.3 Å². The van der Waals surface area contributed by atoms with E-state index in [9.17, 15) is 0 Å². The molecule has 21 heavy (non-hydrogen) atoms. The number of rotatable bonds is 5. The van der Waals surface area contributed by atoms with Gasteiger partial charge in [-0.2, -0.15) is 0 Å². The highest BCUT2D eigenvalue weighted by atomic mass is 35.5. The molecule has 0 amide bonds. The molecule has 4 nitrogen and oxygen atoms in total. The average molecular weight is 310 g/mol. The molecule has 0 unspecified atom stereocenters. The van der Waals surface area contributed by atoms with Gasteiger partial charge in [0.25, 0.3) is 0 Å². The highest BCUT2D eigenvalue weighted by molar-refractivity contribution is 6.31. The highest BCUT2D eigenvalue weighted by Crippen LogP contribution is 2.26. The average Bonchev–Trinajstić information content (AvgIpc) is 2.43. The molecule has 0 aromatic heterocycles. The number of aliphatic imine (C=N–C) groups is 1. The molecule has 1 aromatic rings. The third-order valence-corrected chi connectivity index (χ3v) is 3.94. The second kappa shape index (κ2) is 7.14. The summed E-state index contributed by atoms with van der Waals surface area (Å²) in [6.45, 7) is 8.23. The van der Waals surface area contributed by atoms with E-state index in [1.807, 2.05) is 31.3 Å². The van der Waals surface area contributed by atoms with E-state index in [2.05, 4.69) is 24.1 Å². The van der Waals surface area contributed by atoms with Crippen molar-refractivity contribution < 1.29 is 4.74 Å². The summed E-state index contributed by atoms with van der Waals surface area (Å²) in [7, 11) is 2.03. The molecule has 0 bridgehead atoms. The lowest BCUT2D eigenvalue weighted by molar-refractivity contribution is -0.0945. The van der Waals surface area contributed by atoms with Gasteiger partial charge in [0.1, 0.15) is 0 Å². The number of hydrogen-bond donors (Lipinski definition) is 1. The lowest BCUT2D eigenvalue weighted by atomic mass is 9.89. The molecule has 2 rings (SSSR count). The largest absolute Gasteiger partial charge is 0.380 e. The minimum Gasteiger partial charge on any atom is -0.380 e. The number of hydrogen-bond acceptors (Lipinski definition) is 2. The lowest BCUT2D eigenvalue weighted by Gasteiger charge is -2.37. The Kier molecular flexibility index (Phi) is 5.48. The SMILES string of the molecule is CCNC(=NCC1(C)COC1)N(C)Cc1ccccc1Cl. The maximum Gasteiger partial charge on any atom is 0.193 e. The zero-order chi connectivity index (χ0) is 15.3. The Hall–Kier alpha value is -1.26. The first-order valence-corrected chi connectivity index (χ1v) is 7.72. The smallest absolute Gasteiger partial charge is 0.193 e. The van der Waals surface area contributed by atoms with E-state index in [0.717, 1.165) is 49.4 Å². The standard InChI is InChI=1S/C16H24ClN3O/c1-4-18-15(19-10-16(2)11-21-12-16)20(3)9-13-7-5-6-8-14(13)17/h5-8H,4,9-12H2,1-3H3,(H,18,19). The van der Waals surface area contributed by atoms with Gasteiger partial charge < -0.3 is 15.0 Å². The van der Waals surface area contributed by atoms with Crippen molar-refractivity contribution in [2.75, 3.05) is 33.4 Å². The first-order valence-electron chi connectivity index (χ1n) is 7.35.